The first-order valence-electron chi connectivity index (χ1n) is 11.0. The van der Waals surface area contributed by atoms with Crippen LogP contribution in [0.15, 0.2) is 51.7 Å². The van der Waals surface area contributed by atoms with Crippen molar-refractivity contribution >= 4 is 39.3 Å². The lowest BCUT2D eigenvalue weighted by Gasteiger charge is -2.22. The summed E-state index contributed by atoms with van der Waals surface area (Å²) >= 11 is 1.04. The van der Waals surface area contributed by atoms with Gasteiger partial charge in [0.25, 0.3) is 5.91 Å². The van der Waals surface area contributed by atoms with Gasteiger partial charge in [-0.25, -0.2) is 9.78 Å². The SMILES string of the molecule is CCOc1ccc([C@H]2c3c(oc4ccc(C)cc4c3=O)C(=O)N2c2nc(C)c(C(=O)OC)s2)cc1. The zero-order valence-corrected chi connectivity index (χ0v) is 20.4. The van der Waals surface area contributed by atoms with Crippen LogP contribution in [0.5, 0.6) is 5.75 Å². The first kappa shape index (κ1) is 22.8. The predicted molar refractivity (Wildman–Crippen MR) is 132 cm³/mol. The molecule has 178 valence electrons. The van der Waals surface area contributed by atoms with E-state index < -0.39 is 17.9 Å². The van der Waals surface area contributed by atoms with Crippen LogP contribution in [0.3, 0.4) is 0 Å². The molecule has 2 aromatic heterocycles. The second-order valence-electron chi connectivity index (χ2n) is 8.16. The van der Waals surface area contributed by atoms with Crippen LogP contribution in [0.1, 0.15) is 55.6 Å². The molecule has 8 nitrogen and oxygen atoms in total. The molecule has 0 aliphatic carbocycles. The van der Waals surface area contributed by atoms with E-state index in [-0.39, 0.29) is 26.8 Å². The molecule has 0 N–H and O–H groups in total. The number of carbonyl (C=O) groups is 2. The van der Waals surface area contributed by atoms with Crippen LogP contribution < -0.4 is 15.1 Å². The highest BCUT2D eigenvalue weighted by Gasteiger charge is 2.45. The highest BCUT2D eigenvalue weighted by atomic mass is 32.1. The van der Waals surface area contributed by atoms with Crippen LogP contribution >= 0.6 is 11.3 Å². The van der Waals surface area contributed by atoms with E-state index >= 15 is 0 Å². The highest BCUT2D eigenvalue weighted by molar-refractivity contribution is 7.17. The lowest BCUT2D eigenvalue weighted by atomic mass is 9.98. The summed E-state index contributed by atoms with van der Waals surface area (Å²) in [6, 6.07) is 11.7. The van der Waals surface area contributed by atoms with Crippen LogP contribution in [-0.2, 0) is 4.74 Å². The maximum Gasteiger partial charge on any atom is 0.350 e. The molecule has 4 aromatic rings. The third-order valence-electron chi connectivity index (χ3n) is 5.89. The molecule has 1 atom stereocenters. The van der Waals surface area contributed by atoms with Crippen molar-refractivity contribution < 1.29 is 23.5 Å². The van der Waals surface area contributed by atoms with Gasteiger partial charge in [0, 0.05) is 0 Å². The first-order chi connectivity index (χ1) is 16.8. The van der Waals surface area contributed by atoms with Crippen molar-refractivity contribution in [3.05, 3.63) is 85.7 Å². The van der Waals surface area contributed by atoms with Crippen molar-refractivity contribution in [2.45, 2.75) is 26.8 Å². The molecule has 35 heavy (non-hydrogen) atoms. The average Bonchev–Trinajstić information content (AvgIpc) is 3.37. The number of amides is 1. The fourth-order valence-electron chi connectivity index (χ4n) is 4.28. The number of benzene rings is 2. The quantitative estimate of drug-likeness (QED) is 0.371. The Labute approximate surface area is 204 Å². The lowest BCUT2D eigenvalue weighted by Crippen LogP contribution is -2.29. The first-order valence-corrected chi connectivity index (χ1v) is 11.8. The maximum absolute atomic E-state index is 13.7. The summed E-state index contributed by atoms with van der Waals surface area (Å²) in [7, 11) is 1.29. The van der Waals surface area contributed by atoms with E-state index in [2.05, 4.69) is 4.98 Å². The molecule has 0 fully saturated rings. The molecule has 1 amide bonds. The molecule has 0 saturated heterocycles. The van der Waals surface area contributed by atoms with Gasteiger partial charge in [-0.05, 0) is 50.6 Å². The Morgan fingerprint density at radius 2 is 1.89 bits per heavy atom. The van der Waals surface area contributed by atoms with Crippen molar-refractivity contribution in [1.82, 2.24) is 4.98 Å². The number of rotatable bonds is 5. The minimum absolute atomic E-state index is 0.0299. The van der Waals surface area contributed by atoms with Gasteiger partial charge in [0.05, 0.1) is 36.4 Å². The van der Waals surface area contributed by atoms with E-state index in [9.17, 15) is 14.4 Å². The van der Waals surface area contributed by atoms with E-state index in [4.69, 9.17) is 13.9 Å². The largest absolute Gasteiger partial charge is 0.494 e. The molecule has 0 radical (unpaired) electrons. The Hall–Kier alpha value is -3.98. The van der Waals surface area contributed by atoms with Crippen LogP contribution in [0.25, 0.3) is 11.0 Å². The summed E-state index contributed by atoms with van der Waals surface area (Å²) in [5.74, 6) is -0.392. The van der Waals surface area contributed by atoms with Crippen LogP contribution in [0.2, 0.25) is 0 Å². The third kappa shape index (κ3) is 3.68. The summed E-state index contributed by atoms with van der Waals surface area (Å²) in [5.41, 5.74) is 2.33. The van der Waals surface area contributed by atoms with Gasteiger partial charge in [-0.1, -0.05) is 35.1 Å². The molecular weight excluding hydrogens is 468 g/mol. The van der Waals surface area contributed by atoms with Crippen molar-refractivity contribution in [2.75, 3.05) is 18.6 Å². The molecule has 0 spiro atoms. The number of methoxy groups -OCH3 is 1. The number of nitrogens with zero attached hydrogens (tertiary/aromatic N) is 2. The zero-order valence-electron chi connectivity index (χ0n) is 19.6. The molecule has 3 heterocycles. The number of aryl methyl sites for hydroxylation is 2. The van der Waals surface area contributed by atoms with E-state index in [1.165, 1.54) is 12.0 Å². The number of thiazole rings is 1. The summed E-state index contributed by atoms with van der Waals surface area (Å²) in [6.45, 7) is 5.97. The third-order valence-corrected chi connectivity index (χ3v) is 7.03. The molecule has 5 rings (SSSR count). The topological polar surface area (TPSA) is 98.9 Å². The Morgan fingerprint density at radius 3 is 2.57 bits per heavy atom. The Bertz CT molecular complexity index is 1540. The van der Waals surface area contributed by atoms with E-state index in [1.807, 2.05) is 32.0 Å². The van der Waals surface area contributed by atoms with Crippen molar-refractivity contribution in [3.8, 4) is 5.75 Å². The van der Waals surface area contributed by atoms with Gasteiger partial charge in [0.2, 0.25) is 5.76 Å². The number of ether oxygens (including phenoxy) is 2. The zero-order chi connectivity index (χ0) is 24.9. The number of hydrogen-bond acceptors (Lipinski definition) is 8. The van der Waals surface area contributed by atoms with Crippen LogP contribution in [0, 0.1) is 13.8 Å². The van der Waals surface area contributed by atoms with Crippen LogP contribution in [0.4, 0.5) is 5.13 Å². The van der Waals surface area contributed by atoms with Gasteiger partial charge in [0.15, 0.2) is 10.6 Å². The monoisotopic (exact) mass is 490 g/mol. The van der Waals surface area contributed by atoms with E-state index in [1.54, 1.807) is 31.2 Å². The fourth-order valence-corrected chi connectivity index (χ4v) is 5.29. The van der Waals surface area contributed by atoms with Gasteiger partial charge in [-0.2, -0.15) is 0 Å². The van der Waals surface area contributed by atoms with Gasteiger partial charge < -0.3 is 13.9 Å². The summed E-state index contributed by atoms with van der Waals surface area (Å²) < 4.78 is 16.4. The normalized spacial score (nSPS) is 14.9. The molecule has 0 bridgehead atoms. The van der Waals surface area contributed by atoms with Gasteiger partial charge in [0.1, 0.15) is 16.2 Å². The molecular formula is C26H22N2O6S. The molecule has 1 aliphatic heterocycles. The Balaban J connectivity index is 1.75. The van der Waals surface area contributed by atoms with Crippen LogP contribution in [-0.4, -0.2) is 30.6 Å². The number of anilines is 1. The van der Waals surface area contributed by atoms with Gasteiger partial charge in [-0.15, -0.1) is 0 Å². The lowest BCUT2D eigenvalue weighted by molar-refractivity contribution is 0.0605. The molecule has 0 saturated carbocycles. The maximum atomic E-state index is 13.7. The van der Waals surface area contributed by atoms with Gasteiger partial charge in [-0.3, -0.25) is 14.5 Å². The van der Waals surface area contributed by atoms with Gasteiger partial charge >= 0.3 is 5.97 Å². The minimum Gasteiger partial charge on any atom is -0.494 e. The summed E-state index contributed by atoms with van der Waals surface area (Å²) in [4.78, 5) is 45.8. The highest BCUT2D eigenvalue weighted by Crippen LogP contribution is 2.43. The summed E-state index contributed by atoms with van der Waals surface area (Å²) in [6.07, 6.45) is 0. The van der Waals surface area contributed by atoms with E-state index in [0.717, 1.165) is 16.9 Å². The second-order valence-corrected chi connectivity index (χ2v) is 9.13. The van der Waals surface area contributed by atoms with Crippen molar-refractivity contribution in [2.24, 2.45) is 0 Å². The molecule has 1 aliphatic rings. The molecule has 9 heteroatoms. The Morgan fingerprint density at radius 1 is 1.14 bits per heavy atom. The standard InChI is InChI=1S/C26H22N2O6S/c1-5-33-16-9-7-15(8-10-16)20-19-21(29)17-12-13(2)6-11-18(17)34-22(19)24(30)28(20)26-27-14(3)23(35-26)25(31)32-4/h6-12,20H,5H2,1-4H3/t20-/m0/s1. The van der Waals surface area contributed by atoms with E-state index in [0.29, 0.717) is 34.6 Å². The Kier molecular flexibility index (Phi) is 5.64. The fraction of sp³-hybridized carbons (Fsp3) is 0.231. The number of carbonyl (C=O) groups excluding carboxylic acids is 2. The van der Waals surface area contributed by atoms with Crippen molar-refractivity contribution in [1.29, 1.82) is 0 Å². The number of aromatic nitrogens is 1. The molecule has 0 unspecified atom stereocenters. The van der Waals surface area contributed by atoms with Crippen molar-refractivity contribution in [3.63, 3.8) is 0 Å². The molecule has 2 aromatic carbocycles. The summed E-state index contributed by atoms with van der Waals surface area (Å²) in [5, 5.41) is 0.678. The smallest absolute Gasteiger partial charge is 0.350 e. The number of fused-ring (bicyclic) bond motifs is 2. The number of esters is 1. The second kappa shape index (κ2) is 8.66. The minimum atomic E-state index is -0.787. The average molecular weight is 491 g/mol. The number of hydrogen-bond donors (Lipinski definition) is 0. The predicted octanol–water partition coefficient (Wildman–Crippen LogP) is 4.80.